The van der Waals surface area contributed by atoms with Crippen molar-refractivity contribution in [2.45, 2.75) is 45.1 Å². The maximum absolute atomic E-state index is 5.34. The van der Waals surface area contributed by atoms with E-state index >= 15 is 0 Å². The average Bonchev–Trinajstić information content (AvgIpc) is 3.02. The highest BCUT2D eigenvalue weighted by molar-refractivity contribution is 5.93. The Balaban J connectivity index is 2.14. The Labute approximate surface area is 126 Å². The van der Waals surface area contributed by atoms with E-state index in [2.05, 4.69) is 36.5 Å². The molecule has 1 aromatic heterocycles. The predicted molar refractivity (Wildman–Crippen MR) is 87.8 cm³/mol. The van der Waals surface area contributed by atoms with Gasteiger partial charge in [0.2, 0.25) is 0 Å². The van der Waals surface area contributed by atoms with E-state index in [4.69, 9.17) is 9.72 Å². The molecule has 2 aromatic rings. The van der Waals surface area contributed by atoms with Gasteiger partial charge in [0.15, 0.2) is 0 Å². The SMILES string of the molecule is CCNc1cc(C2CCCC2)nc2c(COC)cccc12. The van der Waals surface area contributed by atoms with Gasteiger partial charge < -0.3 is 10.1 Å². The summed E-state index contributed by atoms with van der Waals surface area (Å²) in [6.45, 7) is 3.68. The first-order valence-corrected chi connectivity index (χ1v) is 7.98. The van der Waals surface area contributed by atoms with Crippen molar-refractivity contribution in [3.05, 3.63) is 35.5 Å². The number of nitrogens with zero attached hydrogens (tertiary/aromatic N) is 1. The topological polar surface area (TPSA) is 34.2 Å². The molecule has 3 rings (SSSR count). The highest BCUT2D eigenvalue weighted by atomic mass is 16.5. The summed E-state index contributed by atoms with van der Waals surface area (Å²) >= 11 is 0. The molecule has 21 heavy (non-hydrogen) atoms. The Morgan fingerprint density at radius 3 is 2.81 bits per heavy atom. The van der Waals surface area contributed by atoms with Gasteiger partial charge in [-0.1, -0.05) is 31.0 Å². The van der Waals surface area contributed by atoms with E-state index in [0.717, 1.165) is 12.1 Å². The summed E-state index contributed by atoms with van der Waals surface area (Å²) in [5.41, 5.74) is 4.73. The fraction of sp³-hybridized carbons (Fsp3) is 0.500. The summed E-state index contributed by atoms with van der Waals surface area (Å²) < 4.78 is 5.34. The highest BCUT2D eigenvalue weighted by Crippen LogP contribution is 2.36. The monoisotopic (exact) mass is 284 g/mol. The fourth-order valence-electron chi connectivity index (χ4n) is 3.37. The van der Waals surface area contributed by atoms with Gasteiger partial charge in [-0.2, -0.15) is 0 Å². The van der Waals surface area contributed by atoms with Crippen LogP contribution in [0.25, 0.3) is 10.9 Å². The fourth-order valence-corrected chi connectivity index (χ4v) is 3.37. The second-order valence-electron chi connectivity index (χ2n) is 5.85. The van der Waals surface area contributed by atoms with Gasteiger partial charge in [-0.3, -0.25) is 4.98 Å². The number of hydrogen-bond acceptors (Lipinski definition) is 3. The van der Waals surface area contributed by atoms with Crippen LogP contribution in [0, 0.1) is 0 Å². The number of benzene rings is 1. The van der Waals surface area contributed by atoms with Crippen LogP contribution in [0.2, 0.25) is 0 Å². The molecule has 0 radical (unpaired) electrons. The molecule has 0 unspecified atom stereocenters. The number of para-hydroxylation sites is 1. The smallest absolute Gasteiger partial charge is 0.0781 e. The van der Waals surface area contributed by atoms with Gasteiger partial charge in [0.25, 0.3) is 0 Å². The molecule has 0 amide bonds. The molecular formula is C18H24N2O. The van der Waals surface area contributed by atoms with Gasteiger partial charge in [0, 0.05) is 41.9 Å². The molecule has 3 heteroatoms. The van der Waals surface area contributed by atoms with Gasteiger partial charge in [-0.05, 0) is 25.8 Å². The Morgan fingerprint density at radius 1 is 1.29 bits per heavy atom. The zero-order chi connectivity index (χ0) is 14.7. The van der Waals surface area contributed by atoms with Gasteiger partial charge in [-0.15, -0.1) is 0 Å². The van der Waals surface area contributed by atoms with Crippen molar-refractivity contribution in [1.82, 2.24) is 4.98 Å². The van der Waals surface area contributed by atoms with E-state index in [1.165, 1.54) is 48.0 Å². The van der Waals surface area contributed by atoms with Crippen LogP contribution >= 0.6 is 0 Å². The minimum Gasteiger partial charge on any atom is -0.385 e. The number of rotatable bonds is 5. The van der Waals surface area contributed by atoms with E-state index < -0.39 is 0 Å². The number of hydrogen-bond donors (Lipinski definition) is 1. The van der Waals surface area contributed by atoms with Gasteiger partial charge in [0.1, 0.15) is 0 Å². The van der Waals surface area contributed by atoms with Gasteiger partial charge in [0.05, 0.1) is 12.1 Å². The van der Waals surface area contributed by atoms with Crippen LogP contribution in [0.3, 0.4) is 0 Å². The van der Waals surface area contributed by atoms with Crippen LogP contribution in [0.1, 0.15) is 49.8 Å². The molecule has 0 atom stereocenters. The van der Waals surface area contributed by atoms with E-state index in [0.29, 0.717) is 12.5 Å². The van der Waals surface area contributed by atoms with Crippen LogP contribution in [0.4, 0.5) is 5.69 Å². The number of nitrogens with one attached hydrogen (secondary N) is 1. The average molecular weight is 284 g/mol. The molecule has 112 valence electrons. The number of methoxy groups -OCH3 is 1. The normalized spacial score (nSPS) is 15.7. The largest absolute Gasteiger partial charge is 0.385 e. The molecule has 1 aromatic carbocycles. The van der Waals surface area contributed by atoms with Crippen molar-refractivity contribution >= 4 is 16.6 Å². The maximum Gasteiger partial charge on any atom is 0.0781 e. The summed E-state index contributed by atoms with van der Waals surface area (Å²) in [5, 5.41) is 4.70. The number of pyridine rings is 1. The van der Waals surface area contributed by atoms with Crippen LogP contribution in [-0.2, 0) is 11.3 Å². The van der Waals surface area contributed by atoms with E-state index in [9.17, 15) is 0 Å². The van der Waals surface area contributed by atoms with Crippen LogP contribution in [0.5, 0.6) is 0 Å². The lowest BCUT2D eigenvalue weighted by atomic mass is 10.00. The van der Waals surface area contributed by atoms with Crippen molar-refractivity contribution < 1.29 is 4.74 Å². The van der Waals surface area contributed by atoms with Crippen molar-refractivity contribution in [3.8, 4) is 0 Å². The first-order chi connectivity index (χ1) is 10.3. The Morgan fingerprint density at radius 2 is 2.10 bits per heavy atom. The van der Waals surface area contributed by atoms with Crippen molar-refractivity contribution in [1.29, 1.82) is 0 Å². The Kier molecular flexibility index (Phi) is 4.39. The third kappa shape index (κ3) is 2.88. The van der Waals surface area contributed by atoms with Crippen molar-refractivity contribution in [2.75, 3.05) is 19.0 Å². The van der Waals surface area contributed by atoms with Gasteiger partial charge in [-0.25, -0.2) is 0 Å². The lowest BCUT2D eigenvalue weighted by Gasteiger charge is -2.16. The summed E-state index contributed by atoms with van der Waals surface area (Å²) in [6.07, 6.45) is 5.22. The molecule has 3 nitrogen and oxygen atoms in total. The summed E-state index contributed by atoms with van der Waals surface area (Å²) in [7, 11) is 1.74. The van der Waals surface area contributed by atoms with Crippen molar-refractivity contribution in [3.63, 3.8) is 0 Å². The van der Waals surface area contributed by atoms with E-state index in [1.54, 1.807) is 7.11 Å². The zero-order valence-electron chi connectivity index (χ0n) is 13.0. The minimum atomic E-state index is 0.615. The van der Waals surface area contributed by atoms with Crippen LogP contribution in [-0.4, -0.2) is 18.6 Å². The highest BCUT2D eigenvalue weighted by Gasteiger charge is 2.20. The first kappa shape index (κ1) is 14.3. The van der Waals surface area contributed by atoms with Crippen LogP contribution < -0.4 is 5.32 Å². The van der Waals surface area contributed by atoms with Gasteiger partial charge >= 0.3 is 0 Å². The standard InChI is InChI=1S/C18H24N2O/c1-3-19-17-11-16(13-7-4-5-8-13)20-18-14(12-21-2)9-6-10-15(17)18/h6,9-11,13H,3-5,7-8,12H2,1-2H3,(H,19,20). The lowest BCUT2D eigenvalue weighted by molar-refractivity contribution is 0.186. The predicted octanol–water partition coefficient (Wildman–Crippen LogP) is 4.47. The molecule has 1 heterocycles. The maximum atomic E-state index is 5.34. The Hall–Kier alpha value is -1.61. The molecule has 0 aliphatic heterocycles. The Bertz CT molecular complexity index is 618. The molecule has 0 saturated heterocycles. The van der Waals surface area contributed by atoms with E-state index in [1.807, 2.05) is 0 Å². The minimum absolute atomic E-state index is 0.615. The van der Waals surface area contributed by atoms with E-state index in [-0.39, 0.29) is 0 Å². The zero-order valence-corrected chi connectivity index (χ0v) is 13.0. The number of fused-ring (bicyclic) bond motifs is 1. The third-order valence-electron chi connectivity index (χ3n) is 4.38. The summed E-state index contributed by atoms with van der Waals surface area (Å²) in [6, 6.07) is 8.62. The number of anilines is 1. The molecule has 1 saturated carbocycles. The lowest BCUT2D eigenvalue weighted by Crippen LogP contribution is -2.04. The summed E-state index contributed by atoms with van der Waals surface area (Å²) in [4.78, 5) is 5.00. The van der Waals surface area contributed by atoms with Crippen molar-refractivity contribution in [2.24, 2.45) is 0 Å². The molecule has 1 aliphatic rings. The molecule has 1 N–H and O–H groups in total. The number of aromatic nitrogens is 1. The second-order valence-corrected chi connectivity index (χ2v) is 5.85. The summed E-state index contributed by atoms with van der Waals surface area (Å²) in [5.74, 6) is 0.627. The molecular weight excluding hydrogens is 260 g/mol. The molecule has 0 spiro atoms. The molecule has 1 fully saturated rings. The van der Waals surface area contributed by atoms with Crippen LogP contribution in [0.15, 0.2) is 24.3 Å². The molecule has 0 bridgehead atoms. The molecule has 1 aliphatic carbocycles. The number of ether oxygens (including phenoxy) is 1. The second kappa shape index (κ2) is 6.44. The first-order valence-electron chi connectivity index (χ1n) is 7.98. The quantitative estimate of drug-likeness (QED) is 0.879. The third-order valence-corrected chi connectivity index (χ3v) is 4.38.